The van der Waals surface area contributed by atoms with Gasteiger partial charge in [0, 0.05) is 19.3 Å². The molecule has 0 saturated heterocycles. The molecule has 1 rings (SSSR count). The molecule has 4 heteroatoms. The molecule has 1 aromatic rings. The van der Waals surface area contributed by atoms with Crippen LogP contribution < -0.4 is 10.2 Å². The summed E-state index contributed by atoms with van der Waals surface area (Å²) in [6, 6.07) is 8.35. The summed E-state index contributed by atoms with van der Waals surface area (Å²) in [6.07, 6.45) is 0.692. The summed E-state index contributed by atoms with van der Waals surface area (Å²) in [6.45, 7) is 7.48. The molecule has 1 atom stereocenters. The number of aryl methyl sites for hydroxylation is 1. The first-order valence-electron chi connectivity index (χ1n) is 7.04. The smallest absolute Gasteiger partial charge is 0.325 e. The molecular formula is C16H26N2O2. The van der Waals surface area contributed by atoms with Gasteiger partial charge in [-0.1, -0.05) is 19.1 Å². The van der Waals surface area contributed by atoms with E-state index in [9.17, 15) is 4.79 Å². The molecule has 1 aromatic carbocycles. The summed E-state index contributed by atoms with van der Waals surface area (Å²) in [5.74, 6) is -0.211. The standard InChI is InChI=1S/C16H26N2O2/c1-6-17-16(3,15(19)20-5)10-11-18(4)14-9-7-8-13(2)12-14/h7-9,12,17H,6,10-11H2,1-5H3. The molecule has 0 aliphatic heterocycles. The predicted octanol–water partition coefficient (Wildman–Crippen LogP) is 2.36. The zero-order valence-corrected chi connectivity index (χ0v) is 13.2. The van der Waals surface area contributed by atoms with Gasteiger partial charge in [-0.2, -0.15) is 0 Å². The Kier molecular flexibility index (Phi) is 6.02. The van der Waals surface area contributed by atoms with E-state index < -0.39 is 5.54 Å². The second-order valence-electron chi connectivity index (χ2n) is 5.36. The highest BCUT2D eigenvalue weighted by atomic mass is 16.5. The minimum Gasteiger partial charge on any atom is -0.468 e. The molecule has 0 radical (unpaired) electrons. The highest BCUT2D eigenvalue weighted by molar-refractivity contribution is 5.80. The van der Waals surface area contributed by atoms with Crippen LogP contribution >= 0.6 is 0 Å². The van der Waals surface area contributed by atoms with E-state index in [1.54, 1.807) is 0 Å². The molecule has 0 fully saturated rings. The lowest BCUT2D eigenvalue weighted by atomic mass is 9.97. The Bertz CT molecular complexity index is 448. The Morgan fingerprint density at radius 1 is 1.45 bits per heavy atom. The largest absolute Gasteiger partial charge is 0.468 e. The SMILES string of the molecule is CCNC(C)(CCN(C)c1cccc(C)c1)C(=O)OC. The Balaban J connectivity index is 2.70. The van der Waals surface area contributed by atoms with Gasteiger partial charge >= 0.3 is 5.97 Å². The molecule has 1 N–H and O–H groups in total. The van der Waals surface area contributed by atoms with E-state index in [1.807, 2.05) is 27.0 Å². The second-order valence-corrected chi connectivity index (χ2v) is 5.36. The molecule has 0 aliphatic carbocycles. The predicted molar refractivity (Wildman–Crippen MR) is 83.2 cm³/mol. The van der Waals surface area contributed by atoms with Gasteiger partial charge in [-0.15, -0.1) is 0 Å². The normalized spacial score (nSPS) is 13.7. The average Bonchev–Trinajstić information content (AvgIpc) is 2.44. The fourth-order valence-corrected chi connectivity index (χ4v) is 2.26. The van der Waals surface area contributed by atoms with Gasteiger partial charge in [-0.25, -0.2) is 0 Å². The molecule has 0 aromatic heterocycles. The van der Waals surface area contributed by atoms with Crippen molar-refractivity contribution < 1.29 is 9.53 Å². The van der Waals surface area contributed by atoms with Gasteiger partial charge in [0.15, 0.2) is 0 Å². The number of nitrogens with zero attached hydrogens (tertiary/aromatic N) is 1. The van der Waals surface area contributed by atoms with Crippen LogP contribution in [-0.2, 0) is 9.53 Å². The van der Waals surface area contributed by atoms with Crippen molar-refractivity contribution in [2.75, 3.05) is 32.1 Å². The number of hydrogen-bond donors (Lipinski definition) is 1. The van der Waals surface area contributed by atoms with Crippen LogP contribution in [0.15, 0.2) is 24.3 Å². The van der Waals surface area contributed by atoms with E-state index in [0.717, 1.165) is 18.8 Å². The number of nitrogens with one attached hydrogen (secondary N) is 1. The van der Waals surface area contributed by atoms with E-state index in [0.29, 0.717) is 6.42 Å². The van der Waals surface area contributed by atoms with E-state index >= 15 is 0 Å². The topological polar surface area (TPSA) is 41.6 Å². The molecule has 0 aliphatic rings. The lowest BCUT2D eigenvalue weighted by Crippen LogP contribution is -2.51. The minimum absolute atomic E-state index is 0.211. The maximum Gasteiger partial charge on any atom is 0.325 e. The number of rotatable bonds is 7. The van der Waals surface area contributed by atoms with Crippen molar-refractivity contribution >= 4 is 11.7 Å². The summed E-state index contributed by atoms with van der Waals surface area (Å²) in [5.41, 5.74) is 1.76. The third-order valence-corrected chi connectivity index (χ3v) is 3.59. The van der Waals surface area contributed by atoms with Crippen LogP contribution in [0, 0.1) is 6.92 Å². The Morgan fingerprint density at radius 3 is 2.70 bits per heavy atom. The fraction of sp³-hybridized carbons (Fsp3) is 0.562. The van der Waals surface area contributed by atoms with Crippen LogP contribution in [0.1, 0.15) is 25.8 Å². The van der Waals surface area contributed by atoms with Gasteiger partial charge in [0.2, 0.25) is 0 Å². The minimum atomic E-state index is -0.637. The number of benzene rings is 1. The first-order chi connectivity index (χ1) is 9.42. The van der Waals surface area contributed by atoms with Crippen LogP contribution in [-0.4, -0.2) is 38.8 Å². The third kappa shape index (κ3) is 4.23. The van der Waals surface area contributed by atoms with E-state index in [1.165, 1.54) is 12.7 Å². The van der Waals surface area contributed by atoms with Crippen LogP contribution in [0.25, 0.3) is 0 Å². The van der Waals surface area contributed by atoms with Gasteiger partial charge in [0.1, 0.15) is 5.54 Å². The fourth-order valence-electron chi connectivity index (χ4n) is 2.26. The lowest BCUT2D eigenvalue weighted by Gasteiger charge is -2.30. The number of methoxy groups -OCH3 is 1. The van der Waals surface area contributed by atoms with E-state index in [-0.39, 0.29) is 5.97 Å². The molecule has 0 saturated carbocycles. The number of ether oxygens (including phenoxy) is 1. The van der Waals surface area contributed by atoms with Crippen molar-refractivity contribution in [2.45, 2.75) is 32.7 Å². The summed E-state index contributed by atoms with van der Waals surface area (Å²) in [4.78, 5) is 14.1. The summed E-state index contributed by atoms with van der Waals surface area (Å²) < 4.78 is 4.91. The third-order valence-electron chi connectivity index (χ3n) is 3.59. The summed E-state index contributed by atoms with van der Waals surface area (Å²) >= 11 is 0. The summed E-state index contributed by atoms with van der Waals surface area (Å²) in [7, 11) is 3.47. The zero-order chi connectivity index (χ0) is 15.2. The lowest BCUT2D eigenvalue weighted by molar-refractivity contribution is -0.148. The summed E-state index contributed by atoms with van der Waals surface area (Å²) in [5, 5.41) is 3.23. The van der Waals surface area contributed by atoms with Crippen LogP contribution in [0.5, 0.6) is 0 Å². The first kappa shape index (κ1) is 16.5. The molecule has 4 nitrogen and oxygen atoms in total. The Morgan fingerprint density at radius 2 is 2.15 bits per heavy atom. The van der Waals surface area contributed by atoms with E-state index in [2.05, 4.69) is 35.3 Å². The molecule has 0 heterocycles. The first-order valence-corrected chi connectivity index (χ1v) is 7.04. The average molecular weight is 278 g/mol. The van der Waals surface area contributed by atoms with E-state index in [4.69, 9.17) is 4.74 Å². The number of likely N-dealkylation sites (N-methyl/N-ethyl adjacent to an activating group) is 1. The Hall–Kier alpha value is -1.55. The second kappa shape index (κ2) is 7.29. The number of anilines is 1. The number of carbonyl (C=O) groups excluding carboxylic acids is 1. The number of esters is 1. The number of carbonyl (C=O) groups is 1. The van der Waals surface area contributed by atoms with Crippen molar-refractivity contribution in [3.8, 4) is 0 Å². The quantitative estimate of drug-likeness (QED) is 0.778. The molecule has 112 valence electrons. The van der Waals surface area contributed by atoms with Crippen LogP contribution in [0.3, 0.4) is 0 Å². The van der Waals surface area contributed by atoms with Crippen LogP contribution in [0.4, 0.5) is 5.69 Å². The highest BCUT2D eigenvalue weighted by Crippen LogP contribution is 2.18. The van der Waals surface area contributed by atoms with Gasteiger partial charge in [-0.3, -0.25) is 4.79 Å². The van der Waals surface area contributed by atoms with Gasteiger partial charge in [0.05, 0.1) is 7.11 Å². The van der Waals surface area contributed by atoms with Gasteiger partial charge in [-0.05, 0) is 44.5 Å². The Labute approximate surface area is 122 Å². The van der Waals surface area contributed by atoms with Crippen molar-refractivity contribution in [2.24, 2.45) is 0 Å². The molecule has 0 amide bonds. The maximum absolute atomic E-state index is 11.9. The van der Waals surface area contributed by atoms with Crippen molar-refractivity contribution in [3.63, 3.8) is 0 Å². The van der Waals surface area contributed by atoms with Crippen molar-refractivity contribution in [3.05, 3.63) is 29.8 Å². The van der Waals surface area contributed by atoms with Crippen LogP contribution in [0.2, 0.25) is 0 Å². The highest BCUT2D eigenvalue weighted by Gasteiger charge is 2.33. The number of hydrogen-bond acceptors (Lipinski definition) is 4. The molecule has 0 spiro atoms. The van der Waals surface area contributed by atoms with Crippen molar-refractivity contribution in [1.82, 2.24) is 5.32 Å². The van der Waals surface area contributed by atoms with Crippen molar-refractivity contribution in [1.29, 1.82) is 0 Å². The molecule has 20 heavy (non-hydrogen) atoms. The maximum atomic E-state index is 11.9. The molecular weight excluding hydrogens is 252 g/mol. The monoisotopic (exact) mass is 278 g/mol. The zero-order valence-electron chi connectivity index (χ0n) is 13.2. The molecule has 0 bridgehead atoms. The molecule has 1 unspecified atom stereocenters. The van der Waals surface area contributed by atoms with Gasteiger partial charge in [0.25, 0.3) is 0 Å². The van der Waals surface area contributed by atoms with Gasteiger partial charge < -0.3 is 15.0 Å².